The van der Waals surface area contributed by atoms with Crippen molar-refractivity contribution in [3.8, 4) is 5.75 Å². The number of nitrogens with one attached hydrogen (secondary N) is 2. The predicted molar refractivity (Wildman–Crippen MR) is 83.5 cm³/mol. The molecule has 1 aliphatic rings. The fraction of sp³-hybridized carbons (Fsp3) is 0.562. The molecule has 0 amide bonds. The molecular formula is C16H22F3N3O. The van der Waals surface area contributed by atoms with Crippen molar-refractivity contribution in [2.75, 3.05) is 20.2 Å². The molecule has 4 nitrogen and oxygen atoms in total. The Morgan fingerprint density at radius 1 is 1.26 bits per heavy atom. The number of aliphatic imine (C=N–C) groups is 1. The predicted octanol–water partition coefficient (Wildman–Crippen LogP) is 3.09. The van der Waals surface area contributed by atoms with E-state index in [1.807, 2.05) is 24.3 Å². The molecule has 0 saturated heterocycles. The number of hydrogen-bond acceptors (Lipinski definition) is 2. The average Bonchev–Trinajstić information content (AvgIpc) is 3.32. The van der Waals surface area contributed by atoms with Crippen molar-refractivity contribution in [1.82, 2.24) is 10.6 Å². The second kappa shape index (κ2) is 8.08. The summed E-state index contributed by atoms with van der Waals surface area (Å²) < 4.78 is 42.3. The maximum Gasteiger partial charge on any atom is 0.390 e. The topological polar surface area (TPSA) is 45.7 Å². The highest BCUT2D eigenvalue weighted by atomic mass is 19.4. The van der Waals surface area contributed by atoms with Crippen LogP contribution in [0, 0.1) is 5.92 Å². The Labute approximate surface area is 134 Å². The van der Waals surface area contributed by atoms with Crippen LogP contribution in [0.1, 0.15) is 24.8 Å². The van der Waals surface area contributed by atoms with Crippen LogP contribution < -0.4 is 15.4 Å². The van der Waals surface area contributed by atoms with Crippen molar-refractivity contribution in [3.05, 3.63) is 29.8 Å². The van der Waals surface area contributed by atoms with Crippen LogP contribution >= 0.6 is 0 Å². The standard InChI is InChI=1S/C16H22F3N3O/c1-20-15(21-9-8-16(17,18)19)22-10-13-4-2-3-5-14(13)23-11-12-6-7-12/h2-5,12H,6-11H2,1H3,(H2,20,21,22). The minimum absolute atomic E-state index is 0.205. The van der Waals surface area contributed by atoms with E-state index < -0.39 is 12.6 Å². The van der Waals surface area contributed by atoms with Crippen LogP contribution in [0.15, 0.2) is 29.3 Å². The number of ether oxygens (including phenoxy) is 1. The Bertz CT molecular complexity index is 528. The van der Waals surface area contributed by atoms with E-state index in [4.69, 9.17) is 4.74 Å². The average molecular weight is 329 g/mol. The molecule has 0 heterocycles. The minimum Gasteiger partial charge on any atom is -0.493 e. The number of para-hydroxylation sites is 1. The normalized spacial score (nSPS) is 15.4. The maximum atomic E-state index is 12.2. The van der Waals surface area contributed by atoms with Crippen LogP contribution in [0.2, 0.25) is 0 Å². The summed E-state index contributed by atoms with van der Waals surface area (Å²) in [5.41, 5.74) is 0.951. The van der Waals surface area contributed by atoms with Crippen molar-refractivity contribution in [2.24, 2.45) is 10.9 Å². The monoisotopic (exact) mass is 329 g/mol. The first-order valence-electron chi connectivity index (χ1n) is 7.70. The highest BCUT2D eigenvalue weighted by Crippen LogP contribution is 2.30. The fourth-order valence-electron chi connectivity index (χ4n) is 2.01. The first-order valence-corrected chi connectivity index (χ1v) is 7.70. The van der Waals surface area contributed by atoms with Crippen LogP contribution in [0.25, 0.3) is 0 Å². The third-order valence-corrected chi connectivity index (χ3v) is 3.51. The highest BCUT2D eigenvalue weighted by molar-refractivity contribution is 5.79. The van der Waals surface area contributed by atoms with Gasteiger partial charge in [-0.15, -0.1) is 0 Å². The molecule has 1 fully saturated rings. The Balaban J connectivity index is 1.81. The zero-order valence-corrected chi connectivity index (χ0v) is 13.1. The molecule has 0 aliphatic heterocycles. The van der Waals surface area contributed by atoms with E-state index in [2.05, 4.69) is 15.6 Å². The Morgan fingerprint density at radius 3 is 2.65 bits per heavy atom. The first kappa shape index (κ1) is 17.4. The van der Waals surface area contributed by atoms with E-state index >= 15 is 0 Å². The minimum atomic E-state index is -4.17. The Kier molecular flexibility index (Phi) is 6.12. The third kappa shape index (κ3) is 6.80. The molecule has 1 aromatic carbocycles. The summed E-state index contributed by atoms with van der Waals surface area (Å²) in [7, 11) is 1.53. The molecule has 0 unspecified atom stereocenters. The smallest absolute Gasteiger partial charge is 0.390 e. The zero-order valence-electron chi connectivity index (χ0n) is 13.1. The van der Waals surface area contributed by atoms with E-state index in [-0.39, 0.29) is 6.54 Å². The van der Waals surface area contributed by atoms with Crippen LogP contribution in [-0.4, -0.2) is 32.3 Å². The molecule has 2 N–H and O–H groups in total. The van der Waals surface area contributed by atoms with Gasteiger partial charge < -0.3 is 15.4 Å². The zero-order chi connectivity index (χ0) is 16.7. The second-order valence-corrected chi connectivity index (χ2v) is 5.58. The molecule has 23 heavy (non-hydrogen) atoms. The van der Waals surface area contributed by atoms with Gasteiger partial charge in [0.25, 0.3) is 0 Å². The molecule has 1 saturated carbocycles. The van der Waals surface area contributed by atoms with Crippen molar-refractivity contribution >= 4 is 5.96 Å². The van der Waals surface area contributed by atoms with Gasteiger partial charge in [0.05, 0.1) is 13.0 Å². The Hall–Kier alpha value is -1.92. The second-order valence-electron chi connectivity index (χ2n) is 5.58. The molecule has 0 aromatic heterocycles. The lowest BCUT2D eigenvalue weighted by Crippen LogP contribution is -2.38. The lowest BCUT2D eigenvalue weighted by molar-refractivity contribution is -0.132. The molecule has 0 atom stereocenters. The van der Waals surface area contributed by atoms with E-state index in [0.29, 0.717) is 18.4 Å². The number of rotatable bonds is 7. The van der Waals surface area contributed by atoms with E-state index in [0.717, 1.165) is 17.9 Å². The summed E-state index contributed by atoms with van der Waals surface area (Å²) in [5, 5.41) is 5.66. The van der Waals surface area contributed by atoms with Gasteiger partial charge in [0.2, 0.25) is 0 Å². The van der Waals surface area contributed by atoms with E-state index in [1.54, 1.807) is 0 Å². The summed E-state index contributed by atoms with van der Waals surface area (Å²) in [6, 6.07) is 7.64. The van der Waals surface area contributed by atoms with Crippen LogP contribution in [-0.2, 0) is 6.54 Å². The van der Waals surface area contributed by atoms with E-state index in [1.165, 1.54) is 19.9 Å². The van der Waals surface area contributed by atoms with Gasteiger partial charge in [-0.05, 0) is 24.8 Å². The summed E-state index contributed by atoms with van der Waals surface area (Å²) in [5.74, 6) is 1.80. The fourth-order valence-corrected chi connectivity index (χ4v) is 2.01. The number of alkyl halides is 3. The third-order valence-electron chi connectivity index (χ3n) is 3.51. The number of guanidine groups is 1. The molecule has 0 bridgehead atoms. The van der Waals surface area contributed by atoms with Gasteiger partial charge in [-0.1, -0.05) is 18.2 Å². The highest BCUT2D eigenvalue weighted by Gasteiger charge is 2.26. The van der Waals surface area contributed by atoms with Crippen molar-refractivity contribution in [1.29, 1.82) is 0 Å². The summed E-state index contributed by atoms with van der Waals surface area (Å²) in [6.07, 6.45) is -2.63. The maximum absolute atomic E-state index is 12.2. The van der Waals surface area contributed by atoms with Gasteiger partial charge in [0.1, 0.15) is 5.75 Å². The Morgan fingerprint density at radius 2 is 2.00 bits per heavy atom. The SMILES string of the molecule is CN=C(NCCC(F)(F)F)NCc1ccccc1OCC1CC1. The van der Waals surface area contributed by atoms with Gasteiger partial charge >= 0.3 is 6.18 Å². The van der Waals surface area contributed by atoms with Gasteiger partial charge in [-0.25, -0.2) is 0 Å². The van der Waals surface area contributed by atoms with Crippen LogP contribution in [0.3, 0.4) is 0 Å². The van der Waals surface area contributed by atoms with Gasteiger partial charge in [0, 0.05) is 25.7 Å². The molecule has 1 aromatic rings. The summed E-state index contributed by atoms with van der Waals surface area (Å²) in [4.78, 5) is 3.92. The van der Waals surface area contributed by atoms with Crippen LogP contribution in [0.5, 0.6) is 5.75 Å². The molecule has 1 aliphatic carbocycles. The quantitative estimate of drug-likeness (QED) is 0.597. The van der Waals surface area contributed by atoms with Gasteiger partial charge in [-0.3, -0.25) is 4.99 Å². The van der Waals surface area contributed by atoms with Gasteiger partial charge in [-0.2, -0.15) is 13.2 Å². The largest absolute Gasteiger partial charge is 0.493 e. The summed E-state index contributed by atoms with van der Waals surface area (Å²) >= 11 is 0. The molecule has 2 rings (SSSR count). The number of nitrogens with zero attached hydrogens (tertiary/aromatic N) is 1. The van der Waals surface area contributed by atoms with Crippen molar-refractivity contribution < 1.29 is 17.9 Å². The van der Waals surface area contributed by atoms with Crippen molar-refractivity contribution in [3.63, 3.8) is 0 Å². The van der Waals surface area contributed by atoms with E-state index in [9.17, 15) is 13.2 Å². The molecule has 0 spiro atoms. The molecule has 7 heteroatoms. The lowest BCUT2D eigenvalue weighted by atomic mass is 10.2. The first-order chi connectivity index (χ1) is 11.0. The summed E-state index contributed by atoms with van der Waals surface area (Å²) in [6.45, 7) is 0.950. The lowest BCUT2D eigenvalue weighted by Gasteiger charge is -2.15. The van der Waals surface area contributed by atoms with Crippen molar-refractivity contribution in [2.45, 2.75) is 32.0 Å². The number of benzene rings is 1. The number of hydrogen-bond donors (Lipinski definition) is 2. The van der Waals surface area contributed by atoms with Crippen LogP contribution in [0.4, 0.5) is 13.2 Å². The molecular weight excluding hydrogens is 307 g/mol. The molecule has 128 valence electrons. The molecule has 0 radical (unpaired) electrons. The number of halogens is 3. The van der Waals surface area contributed by atoms with Gasteiger partial charge in [0.15, 0.2) is 5.96 Å².